The zero-order valence-electron chi connectivity index (χ0n) is 19.0. The molecule has 2 aliphatic rings. The van der Waals surface area contributed by atoms with E-state index in [1.54, 1.807) is 0 Å². The molecule has 0 unspecified atom stereocenters. The van der Waals surface area contributed by atoms with E-state index in [0.717, 1.165) is 23.8 Å². The fourth-order valence-electron chi connectivity index (χ4n) is 4.60. The highest BCUT2D eigenvalue weighted by Crippen LogP contribution is 2.30. The van der Waals surface area contributed by atoms with Crippen molar-refractivity contribution in [1.82, 2.24) is 20.4 Å². The zero-order chi connectivity index (χ0) is 20.5. The molecular formula is C23H40IN5O. The monoisotopic (exact) mass is 529 g/mol. The molecule has 3 rings (SSSR count). The SMILES string of the molecule is CCOc1ccccc1CNC(=NC)NCC1(N2CCCCC2)CCN(C)CC1.I. The van der Waals surface area contributed by atoms with Crippen LogP contribution in [0.2, 0.25) is 0 Å². The van der Waals surface area contributed by atoms with E-state index in [2.05, 4.69) is 44.6 Å². The van der Waals surface area contributed by atoms with Crippen molar-refractivity contribution in [3.63, 3.8) is 0 Å². The highest BCUT2D eigenvalue weighted by molar-refractivity contribution is 14.0. The minimum atomic E-state index is 0. The van der Waals surface area contributed by atoms with Crippen molar-refractivity contribution in [2.24, 2.45) is 4.99 Å². The number of nitrogens with one attached hydrogen (secondary N) is 2. The van der Waals surface area contributed by atoms with Crippen LogP contribution in [0, 0.1) is 0 Å². The molecule has 2 saturated heterocycles. The molecular weight excluding hydrogens is 489 g/mol. The fourth-order valence-corrected chi connectivity index (χ4v) is 4.60. The number of halogens is 1. The van der Waals surface area contributed by atoms with E-state index < -0.39 is 0 Å². The highest BCUT2D eigenvalue weighted by Gasteiger charge is 2.39. The average molecular weight is 530 g/mol. The van der Waals surface area contributed by atoms with Crippen LogP contribution in [0.3, 0.4) is 0 Å². The van der Waals surface area contributed by atoms with Gasteiger partial charge in [0.1, 0.15) is 5.75 Å². The summed E-state index contributed by atoms with van der Waals surface area (Å²) in [4.78, 5) is 9.70. The average Bonchev–Trinajstić information content (AvgIpc) is 2.77. The summed E-state index contributed by atoms with van der Waals surface area (Å²) in [6.45, 7) is 9.17. The van der Waals surface area contributed by atoms with Crippen LogP contribution in [0.5, 0.6) is 5.75 Å². The number of guanidine groups is 1. The minimum absolute atomic E-state index is 0. The molecule has 0 spiro atoms. The quantitative estimate of drug-likeness (QED) is 0.323. The maximum atomic E-state index is 5.75. The van der Waals surface area contributed by atoms with Gasteiger partial charge in [-0.15, -0.1) is 24.0 Å². The van der Waals surface area contributed by atoms with E-state index in [0.29, 0.717) is 13.2 Å². The molecule has 0 amide bonds. The summed E-state index contributed by atoms with van der Waals surface area (Å²) in [6.07, 6.45) is 6.49. The summed E-state index contributed by atoms with van der Waals surface area (Å²) in [6, 6.07) is 8.21. The Bertz CT molecular complexity index is 655. The van der Waals surface area contributed by atoms with Crippen LogP contribution < -0.4 is 15.4 Å². The Morgan fingerprint density at radius 2 is 1.77 bits per heavy atom. The third kappa shape index (κ3) is 6.72. The predicted molar refractivity (Wildman–Crippen MR) is 136 cm³/mol. The van der Waals surface area contributed by atoms with Crippen molar-refractivity contribution in [2.45, 2.75) is 51.1 Å². The molecule has 0 atom stereocenters. The molecule has 0 aromatic heterocycles. The van der Waals surface area contributed by atoms with Gasteiger partial charge in [0, 0.05) is 31.2 Å². The molecule has 7 heteroatoms. The van der Waals surface area contributed by atoms with Crippen LogP contribution in [-0.4, -0.2) is 74.7 Å². The van der Waals surface area contributed by atoms with Crippen molar-refractivity contribution in [2.75, 3.05) is 53.4 Å². The Labute approximate surface area is 199 Å². The number of rotatable bonds is 7. The number of hydrogen-bond acceptors (Lipinski definition) is 4. The smallest absolute Gasteiger partial charge is 0.191 e. The molecule has 170 valence electrons. The Hall–Kier alpha value is -1.06. The maximum Gasteiger partial charge on any atom is 0.191 e. The maximum absolute atomic E-state index is 5.75. The first-order valence-electron chi connectivity index (χ1n) is 11.3. The van der Waals surface area contributed by atoms with E-state index >= 15 is 0 Å². The molecule has 30 heavy (non-hydrogen) atoms. The first-order valence-corrected chi connectivity index (χ1v) is 11.3. The normalized spacial score (nSPS) is 20.3. The largest absolute Gasteiger partial charge is 0.494 e. The molecule has 1 aromatic rings. The standard InChI is InChI=1S/C23H39N5O.HI/c1-4-29-21-11-7-6-10-20(21)18-25-22(24-2)26-19-23(12-16-27(3)17-13-23)28-14-8-5-9-15-28;/h6-7,10-11H,4-5,8-9,12-19H2,1-3H3,(H2,24,25,26);1H. The Morgan fingerprint density at radius 1 is 1.07 bits per heavy atom. The van der Waals surface area contributed by atoms with Gasteiger partial charge < -0.3 is 20.3 Å². The van der Waals surface area contributed by atoms with Crippen molar-refractivity contribution >= 4 is 29.9 Å². The van der Waals surface area contributed by atoms with Crippen molar-refractivity contribution in [3.8, 4) is 5.75 Å². The number of aliphatic imine (C=N–C) groups is 1. The first-order chi connectivity index (χ1) is 14.2. The first kappa shape index (κ1) is 25.2. The second kappa shape index (κ2) is 12.7. The van der Waals surface area contributed by atoms with E-state index in [9.17, 15) is 0 Å². The van der Waals surface area contributed by atoms with Gasteiger partial charge in [0.05, 0.1) is 6.61 Å². The Morgan fingerprint density at radius 3 is 2.43 bits per heavy atom. The van der Waals surface area contributed by atoms with Crippen LogP contribution in [0.25, 0.3) is 0 Å². The third-order valence-electron chi connectivity index (χ3n) is 6.47. The van der Waals surface area contributed by atoms with Crippen LogP contribution in [0.1, 0.15) is 44.6 Å². The number of benzene rings is 1. The van der Waals surface area contributed by atoms with Gasteiger partial charge in [0.15, 0.2) is 5.96 Å². The second-order valence-corrected chi connectivity index (χ2v) is 8.40. The fraction of sp³-hybridized carbons (Fsp3) is 0.696. The summed E-state index contributed by atoms with van der Waals surface area (Å²) >= 11 is 0. The summed E-state index contributed by atoms with van der Waals surface area (Å²) in [5.41, 5.74) is 1.40. The number of para-hydroxylation sites is 1. The van der Waals surface area contributed by atoms with Crippen LogP contribution >= 0.6 is 24.0 Å². The molecule has 0 saturated carbocycles. The van der Waals surface area contributed by atoms with E-state index in [1.807, 2.05) is 26.1 Å². The van der Waals surface area contributed by atoms with Gasteiger partial charge in [-0.1, -0.05) is 24.6 Å². The number of likely N-dealkylation sites (tertiary alicyclic amines) is 2. The number of hydrogen-bond donors (Lipinski definition) is 2. The van der Waals surface area contributed by atoms with Crippen LogP contribution in [0.15, 0.2) is 29.3 Å². The molecule has 2 fully saturated rings. The number of ether oxygens (including phenoxy) is 1. The van der Waals surface area contributed by atoms with Gasteiger partial charge in [0.2, 0.25) is 0 Å². The molecule has 1 aromatic carbocycles. The van der Waals surface area contributed by atoms with Gasteiger partial charge in [-0.25, -0.2) is 0 Å². The van der Waals surface area contributed by atoms with Crippen molar-refractivity contribution in [3.05, 3.63) is 29.8 Å². The van der Waals surface area contributed by atoms with Gasteiger partial charge in [0.25, 0.3) is 0 Å². The van der Waals surface area contributed by atoms with Gasteiger partial charge in [-0.3, -0.25) is 9.89 Å². The molecule has 0 aliphatic carbocycles. The lowest BCUT2D eigenvalue weighted by Crippen LogP contribution is -2.62. The van der Waals surface area contributed by atoms with E-state index in [-0.39, 0.29) is 29.5 Å². The lowest BCUT2D eigenvalue weighted by atomic mass is 9.84. The lowest BCUT2D eigenvalue weighted by molar-refractivity contribution is 0.0173. The molecule has 0 radical (unpaired) electrons. The summed E-state index contributed by atoms with van der Waals surface area (Å²) in [5, 5.41) is 7.13. The molecule has 6 nitrogen and oxygen atoms in total. The number of piperidine rings is 2. The molecule has 2 heterocycles. The van der Waals surface area contributed by atoms with Gasteiger partial charge in [-0.05, 0) is 71.9 Å². The summed E-state index contributed by atoms with van der Waals surface area (Å²) in [7, 11) is 4.09. The molecule has 2 aliphatic heterocycles. The van der Waals surface area contributed by atoms with E-state index in [1.165, 1.54) is 58.3 Å². The summed E-state index contributed by atoms with van der Waals surface area (Å²) < 4.78 is 5.75. The van der Waals surface area contributed by atoms with E-state index in [4.69, 9.17) is 4.74 Å². The van der Waals surface area contributed by atoms with Crippen molar-refractivity contribution < 1.29 is 4.74 Å². The third-order valence-corrected chi connectivity index (χ3v) is 6.47. The van der Waals surface area contributed by atoms with Crippen molar-refractivity contribution in [1.29, 1.82) is 0 Å². The van der Waals surface area contributed by atoms with Gasteiger partial charge >= 0.3 is 0 Å². The molecule has 2 N–H and O–H groups in total. The van der Waals surface area contributed by atoms with Gasteiger partial charge in [-0.2, -0.15) is 0 Å². The Kier molecular flexibility index (Phi) is 10.7. The van der Waals surface area contributed by atoms with Crippen LogP contribution in [-0.2, 0) is 6.54 Å². The topological polar surface area (TPSA) is 52.1 Å². The van der Waals surface area contributed by atoms with Crippen LogP contribution in [0.4, 0.5) is 0 Å². The zero-order valence-corrected chi connectivity index (χ0v) is 21.3. The predicted octanol–water partition coefficient (Wildman–Crippen LogP) is 3.32. The summed E-state index contributed by atoms with van der Waals surface area (Å²) in [5.74, 6) is 1.81. The molecule has 0 bridgehead atoms. The highest BCUT2D eigenvalue weighted by atomic mass is 127. The second-order valence-electron chi connectivity index (χ2n) is 8.40. The number of nitrogens with zero attached hydrogens (tertiary/aromatic N) is 3. The minimum Gasteiger partial charge on any atom is -0.494 e. The Balaban J connectivity index is 0.00000320. The lowest BCUT2D eigenvalue weighted by Gasteiger charge is -2.50.